The Labute approximate surface area is 82.1 Å². The molecule has 0 spiro atoms. The van der Waals surface area contributed by atoms with Crippen LogP contribution in [0.1, 0.15) is 11.1 Å². The number of hydrogen-bond donors (Lipinski definition) is 0. The van der Waals surface area contributed by atoms with Gasteiger partial charge in [0.15, 0.2) is 0 Å². The molecule has 0 atom stereocenters. The monoisotopic (exact) mass is 280 g/mol. The van der Waals surface area contributed by atoms with Crippen LogP contribution in [0.25, 0.3) is 0 Å². The van der Waals surface area contributed by atoms with Crippen molar-refractivity contribution < 1.29 is 4.39 Å². The molecular formula is C8H7Br2F. The summed E-state index contributed by atoms with van der Waals surface area (Å²) in [6.07, 6.45) is 0. The molecule has 0 nitrogen and oxygen atoms in total. The van der Waals surface area contributed by atoms with Crippen LogP contribution < -0.4 is 0 Å². The normalized spacial score (nSPS) is 10.3. The number of halogens is 3. The molecule has 0 unspecified atom stereocenters. The molecule has 0 bridgehead atoms. The molecule has 0 aliphatic heterocycles. The maximum absolute atomic E-state index is 13.1. The molecule has 0 aliphatic carbocycles. The number of aryl methyl sites for hydroxylation is 1. The highest BCUT2D eigenvalue weighted by molar-refractivity contribution is 9.11. The summed E-state index contributed by atoms with van der Waals surface area (Å²) in [5.41, 5.74) is 1.69. The van der Waals surface area contributed by atoms with Crippen molar-refractivity contribution in [2.45, 2.75) is 13.8 Å². The van der Waals surface area contributed by atoms with Gasteiger partial charge in [-0.05, 0) is 41.4 Å². The van der Waals surface area contributed by atoms with Crippen LogP contribution in [0, 0.1) is 19.7 Å². The molecule has 0 heterocycles. The van der Waals surface area contributed by atoms with Gasteiger partial charge in [-0.25, -0.2) is 4.39 Å². The molecule has 0 fully saturated rings. The topological polar surface area (TPSA) is 0 Å². The van der Waals surface area contributed by atoms with E-state index in [2.05, 4.69) is 31.9 Å². The van der Waals surface area contributed by atoms with Crippen molar-refractivity contribution >= 4 is 31.9 Å². The second-order valence-corrected chi connectivity index (χ2v) is 4.08. The summed E-state index contributed by atoms with van der Waals surface area (Å²) in [5.74, 6) is -0.192. The molecule has 0 radical (unpaired) electrons. The Balaban J connectivity index is 3.46. The molecule has 0 amide bonds. The molecule has 1 aromatic carbocycles. The highest BCUT2D eigenvalue weighted by atomic mass is 79.9. The van der Waals surface area contributed by atoms with Crippen molar-refractivity contribution in [3.05, 3.63) is 32.0 Å². The Morgan fingerprint density at radius 3 is 2.36 bits per heavy atom. The Morgan fingerprint density at radius 1 is 1.27 bits per heavy atom. The summed E-state index contributed by atoms with van der Waals surface area (Å²) >= 11 is 6.44. The smallest absolute Gasteiger partial charge is 0.141 e. The molecule has 0 saturated carbocycles. The quantitative estimate of drug-likeness (QED) is 0.632. The van der Waals surface area contributed by atoms with Gasteiger partial charge < -0.3 is 0 Å². The van der Waals surface area contributed by atoms with E-state index in [1.807, 2.05) is 6.92 Å². The van der Waals surface area contributed by atoms with Crippen LogP contribution in [0.4, 0.5) is 4.39 Å². The molecule has 1 aromatic rings. The lowest BCUT2D eigenvalue weighted by Gasteiger charge is -2.05. The molecule has 0 saturated heterocycles. The summed E-state index contributed by atoms with van der Waals surface area (Å²) in [7, 11) is 0. The summed E-state index contributed by atoms with van der Waals surface area (Å²) in [4.78, 5) is 0. The summed E-state index contributed by atoms with van der Waals surface area (Å²) < 4.78 is 14.5. The van der Waals surface area contributed by atoms with Crippen LogP contribution in [0.5, 0.6) is 0 Å². The van der Waals surface area contributed by atoms with Crippen LogP contribution in [-0.2, 0) is 0 Å². The maximum Gasteiger partial charge on any atom is 0.141 e. The van der Waals surface area contributed by atoms with E-state index >= 15 is 0 Å². The molecular weight excluding hydrogens is 275 g/mol. The van der Waals surface area contributed by atoms with Crippen molar-refractivity contribution in [2.75, 3.05) is 0 Å². The maximum atomic E-state index is 13.1. The molecule has 3 heteroatoms. The SMILES string of the molecule is Cc1cc(Br)c(F)c(C)c1Br. The zero-order chi connectivity index (χ0) is 8.59. The van der Waals surface area contributed by atoms with Crippen molar-refractivity contribution in [3.8, 4) is 0 Å². The zero-order valence-corrected chi connectivity index (χ0v) is 9.38. The number of hydrogen-bond acceptors (Lipinski definition) is 0. The largest absolute Gasteiger partial charge is 0.205 e. The third-order valence-electron chi connectivity index (χ3n) is 1.56. The minimum Gasteiger partial charge on any atom is -0.205 e. The number of benzene rings is 1. The summed E-state index contributed by atoms with van der Waals surface area (Å²) in [5, 5.41) is 0. The predicted octanol–water partition coefficient (Wildman–Crippen LogP) is 3.97. The van der Waals surface area contributed by atoms with Crippen LogP contribution in [0.15, 0.2) is 15.0 Å². The van der Waals surface area contributed by atoms with E-state index in [1.54, 1.807) is 13.0 Å². The van der Waals surface area contributed by atoms with Gasteiger partial charge in [0.1, 0.15) is 5.82 Å². The first-order valence-electron chi connectivity index (χ1n) is 3.14. The highest BCUT2D eigenvalue weighted by Gasteiger charge is 2.08. The van der Waals surface area contributed by atoms with E-state index in [4.69, 9.17) is 0 Å². The van der Waals surface area contributed by atoms with Gasteiger partial charge in [-0.2, -0.15) is 0 Å². The lowest BCUT2D eigenvalue weighted by Crippen LogP contribution is -1.88. The minimum atomic E-state index is -0.192. The Morgan fingerprint density at radius 2 is 1.82 bits per heavy atom. The minimum absolute atomic E-state index is 0.192. The number of rotatable bonds is 0. The second-order valence-electron chi connectivity index (χ2n) is 2.43. The lowest BCUT2D eigenvalue weighted by atomic mass is 10.1. The van der Waals surface area contributed by atoms with Gasteiger partial charge in [0.2, 0.25) is 0 Å². The predicted molar refractivity (Wildman–Crippen MR) is 51.3 cm³/mol. The van der Waals surface area contributed by atoms with Gasteiger partial charge in [0.25, 0.3) is 0 Å². The molecule has 0 N–H and O–H groups in total. The fraction of sp³-hybridized carbons (Fsp3) is 0.250. The van der Waals surface area contributed by atoms with Crippen LogP contribution >= 0.6 is 31.9 Å². The third-order valence-corrected chi connectivity index (χ3v) is 3.35. The summed E-state index contributed by atoms with van der Waals surface area (Å²) in [6.45, 7) is 3.68. The summed E-state index contributed by atoms with van der Waals surface area (Å²) in [6, 6.07) is 1.76. The van der Waals surface area contributed by atoms with Gasteiger partial charge in [0.05, 0.1) is 4.47 Å². The van der Waals surface area contributed by atoms with Gasteiger partial charge >= 0.3 is 0 Å². The third kappa shape index (κ3) is 1.64. The molecule has 60 valence electrons. The Kier molecular flexibility index (Phi) is 2.70. The average molecular weight is 282 g/mol. The van der Waals surface area contributed by atoms with Crippen molar-refractivity contribution in [3.63, 3.8) is 0 Å². The average Bonchev–Trinajstić information content (AvgIpc) is 1.97. The van der Waals surface area contributed by atoms with E-state index in [0.717, 1.165) is 10.0 Å². The zero-order valence-electron chi connectivity index (χ0n) is 6.21. The van der Waals surface area contributed by atoms with Gasteiger partial charge in [0, 0.05) is 10.0 Å². The van der Waals surface area contributed by atoms with Crippen LogP contribution in [0.3, 0.4) is 0 Å². The van der Waals surface area contributed by atoms with Gasteiger partial charge in [-0.3, -0.25) is 0 Å². The first-order valence-corrected chi connectivity index (χ1v) is 4.73. The van der Waals surface area contributed by atoms with Gasteiger partial charge in [-0.1, -0.05) is 15.9 Å². The van der Waals surface area contributed by atoms with Crippen LogP contribution in [-0.4, -0.2) is 0 Å². The molecule has 1 rings (SSSR count). The lowest BCUT2D eigenvalue weighted by molar-refractivity contribution is 0.610. The van der Waals surface area contributed by atoms with E-state index in [-0.39, 0.29) is 5.82 Å². The second kappa shape index (κ2) is 3.23. The van der Waals surface area contributed by atoms with Gasteiger partial charge in [-0.15, -0.1) is 0 Å². The van der Waals surface area contributed by atoms with Crippen molar-refractivity contribution in [1.82, 2.24) is 0 Å². The van der Waals surface area contributed by atoms with E-state index in [9.17, 15) is 4.39 Å². The first-order chi connectivity index (χ1) is 5.04. The molecule has 0 aromatic heterocycles. The molecule has 11 heavy (non-hydrogen) atoms. The fourth-order valence-corrected chi connectivity index (χ4v) is 1.82. The van der Waals surface area contributed by atoms with Crippen molar-refractivity contribution in [1.29, 1.82) is 0 Å². The Bertz CT molecular complexity index is 268. The highest BCUT2D eigenvalue weighted by Crippen LogP contribution is 2.28. The standard InChI is InChI=1S/C8H7Br2F/c1-4-3-6(9)8(11)5(2)7(4)10/h3H,1-2H3. The Hall–Kier alpha value is 0.110. The van der Waals surface area contributed by atoms with E-state index in [0.29, 0.717) is 10.0 Å². The van der Waals surface area contributed by atoms with Crippen molar-refractivity contribution in [2.24, 2.45) is 0 Å². The first kappa shape index (κ1) is 9.20. The fourth-order valence-electron chi connectivity index (χ4n) is 0.888. The van der Waals surface area contributed by atoms with E-state index in [1.165, 1.54) is 0 Å². The van der Waals surface area contributed by atoms with Crippen LogP contribution in [0.2, 0.25) is 0 Å². The molecule has 0 aliphatic rings. The van der Waals surface area contributed by atoms with E-state index < -0.39 is 0 Å².